The number of hydrogen-bond acceptors (Lipinski definition) is 5. The summed E-state index contributed by atoms with van der Waals surface area (Å²) in [5.74, 6) is 0.0467. The number of anilines is 1. The van der Waals surface area contributed by atoms with Crippen molar-refractivity contribution in [3.63, 3.8) is 0 Å². The van der Waals surface area contributed by atoms with E-state index in [0.717, 1.165) is 6.42 Å². The summed E-state index contributed by atoms with van der Waals surface area (Å²) in [5.41, 5.74) is 1.67. The average molecular weight is 340 g/mol. The van der Waals surface area contributed by atoms with Crippen LogP contribution in [0.2, 0.25) is 0 Å². The highest BCUT2D eigenvalue weighted by Gasteiger charge is 2.21. The van der Waals surface area contributed by atoms with Gasteiger partial charge >= 0.3 is 5.97 Å². The minimum absolute atomic E-state index is 0.509. The zero-order valence-corrected chi connectivity index (χ0v) is 14.2. The molecule has 0 fully saturated rings. The van der Waals surface area contributed by atoms with E-state index in [1.807, 2.05) is 13.0 Å². The minimum atomic E-state index is -1.02. The third-order valence-corrected chi connectivity index (χ3v) is 3.55. The number of aliphatic carboxylic acids is 1. The number of rotatable bonds is 8. The van der Waals surface area contributed by atoms with Gasteiger partial charge in [-0.05, 0) is 48.4 Å². The maximum Gasteiger partial charge on any atom is 0.330 e. The van der Waals surface area contributed by atoms with Crippen LogP contribution in [0.3, 0.4) is 0 Å². The molecule has 2 N–H and O–H groups in total. The van der Waals surface area contributed by atoms with Gasteiger partial charge in [-0.3, -0.25) is 0 Å². The van der Waals surface area contributed by atoms with Crippen LogP contribution in [0.1, 0.15) is 30.5 Å². The van der Waals surface area contributed by atoms with Crippen LogP contribution < -0.4 is 14.8 Å². The van der Waals surface area contributed by atoms with Crippen molar-refractivity contribution in [3.05, 3.63) is 53.6 Å². The highest BCUT2D eigenvalue weighted by atomic mass is 16.5. The Morgan fingerprint density at radius 3 is 2.52 bits per heavy atom. The van der Waals surface area contributed by atoms with Crippen molar-refractivity contribution in [1.29, 1.82) is 5.26 Å². The molecule has 6 heteroatoms. The molecule has 0 aromatic heterocycles. The van der Waals surface area contributed by atoms with E-state index in [1.165, 1.54) is 7.11 Å². The number of carbonyl (C=O) groups is 1. The first kappa shape index (κ1) is 18.1. The summed E-state index contributed by atoms with van der Waals surface area (Å²) in [6.07, 6.45) is 0.833. The molecule has 1 unspecified atom stereocenters. The van der Waals surface area contributed by atoms with Crippen molar-refractivity contribution in [2.75, 3.05) is 19.0 Å². The van der Waals surface area contributed by atoms with E-state index in [9.17, 15) is 9.90 Å². The first-order valence-corrected chi connectivity index (χ1v) is 7.89. The fourth-order valence-corrected chi connectivity index (χ4v) is 2.29. The number of nitriles is 1. The van der Waals surface area contributed by atoms with Crippen molar-refractivity contribution < 1.29 is 19.4 Å². The van der Waals surface area contributed by atoms with E-state index in [1.54, 1.807) is 42.5 Å². The lowest BCUT2D eigenvalue weighted by molar-refractivity contribution is -0.138. The summed E-state index contributed by atoms with van der Waals surface area (Å²) in [7, 11) is 1.54. The SMILES string of the molecule is CCCOc1cc(C(Nc2ccc(C#N)cc2)C(=O)O)ccc1OC. The van der Waals surface area contributed by atoms with Gasteiger partial charge in [-0.15, -0.1) is 0 Å². The van der Waals surface area contributed by atoms with Gasteiger partial charge in [0.2, 0.25) is 0 Å². The number of methoxy groups -OCH3 is 1. The van der Waals surface area contributed by atoms with E-state index < -0.39 is 12.0 Å². The normalized spacial score (nSPS) is 11.2. The first-order chi connectivity index (χ1) is 12.1. The maximum atomic E-state index is 11.7. The fourth-order valence-electron chi connectivity index (χ4n) is 2.29. The molecule has 1 atom stereocenters. The first-order valence-electron chi connectivity index (χ1n) is 7.89. The quantitative estimate of drug-likeness (QED) is 0.763. The predicted octanol–water partition coefficient (Wildman–Crippen LogP) is 3.59. The van der Waals surface area contributed by atoms with Gasteiger partial charge in [0.05, 0.1) is 25.3 Å². The van der Waals surface area contributed by atoms with E-state index in [-0.39, 0.29) is 0 Å². The van der Waals surface area contributed by atoms with Gasteiger partial charge in [0, 0.05) is 5.69 Å². The van der Waals surface area contributed by atoms with Gasteiger partial charge in [0.25, 0.3) is 0 Å². The fraction of sp³-hybridized carbons (Fsp3) is 0.263. The van der Waals surface area contributed by atoms with Crippen LogP contribution in [0.5, 0.6) is 11.5 Å². The molecule has 0 radical (unpaired) electrons. The van der Waals surface area contributed by atoms with E-state index in [0.29, 0.717) is 34.9 Å². The molecular formula is C19H20N2O4. The van der Waals surface area contributed by atoms with Gasteiger partial charge < -0.3 is 19.9 Å². The monoisotopic (exact) mass is 340 g/mol. The number of nitrogens with one attached hydrogen (secondary N) is 1. The summed E-state index contributed by atoms with van der Waals surface area (Å²) >= 11 is 0. The average Bonchev–Trinajstić information content (AvgIpc) is 2.64. The molecule has 0 spiro atoms. The molecule has 0 saturated heterocycles. The summed E-state index contributed by atoms with van der Waals surface area (Å²) < 4.78 is 10.9. The van der Waals surface area contributed by atoms with Gasteiger partial charge in [0.15, 0.2) is 17.5 Å². The highest BCUT2D eigenvalue weighted by Crippen LogP contribution is 2.32. The largest absolute Gasteiger partial charge is 0.493 e. The molecule has 130 valence electrons. The van der Waals surface area contributed by atoms with Gasteiger partial charge in [-0.1, -0.05) is 13.0 Å². The Balaban J connectivity index is 2.29. The number of nitrogens with zero attached hydrogens (tertiary/aromatic N) is 1. The summed E-state index contributed by atoms with van der Waals surface area (Å²) in [6.45, 7) is 2.50. The molecule has 0 amide bonds. The molecular weight excluding hydrogens is 320 g/mol. The Bertz CT molecular complexity index is 766. The van der Waals surface area contributed by atoms with Crippen LogP contribution in [0, 0.1) is 11.3 Å². The Morgan fingerprint density at radius 1 is 1.24 bits per heavy atom. The lowest BCUT2D eigenvalue weighted by Crippen LogP contribution is -2.20. The standard InChI is InChI=1S/C19H20N2O4/c1-3-10-25-17-11-14(6-9-16(17)24-2)18(19(22)23)21-15-7-4-13(12-20)5-8-15/h4-9,11,18,21H,3,10H2,1-2H3,(H,22,23). The Labute approximate surface area is 146 Å². The third kappa shape index (κ3) is 4.64. The number of benzene rings is 2. The molecule has 2 aromatic carbocycles. The maximum absolute atomic E-state index is 11.7. The molecule has 0 bridgehead atoms. The van der Waals surface area contributed by atoms with Crippen LogP contribution in [0.25, 0.3) is 0 Å². The van der Waals surface area contributed by atoms with Crippen LogP contribution in [0.15, 0.2) is 42.5 Å². The van der Waals surface area contributed by atoms with Crippen LogP contribution in [-0.2, 0) is 4.79 Å². The number of carboxylic acid groups (broad SMARTS) is 1. The second-order valence-electron chi connectivity index (χ2n) is 5.36. The molecule has 6 nitrogen and oxygen atoms in total. The van der Waals surface area contributed by atoms with Gasteiger partial charge in [-0.25, -0.2) is 4.79 Å². The summed E-state index contributed by atoms with van der Waals surface area (Å²) in [5, 5.41) is 21.4. The van der Waals surface area contributed by atoms with Crippen molar-refractivity contribution in [3.8, 4) is 17.6 Å². The summed E-state index contributed by atoms with van der Waals surface area (Å²) in [6, 6.07) is 12.7. The third-order valence-electron chi connectivity index (χ3n) is 3.55. The number of ether oxygens (including phenoxy) is 2. The van der Waals surface area contributed by atoms with E-state index >= 15 is 0 Å². The number of carboxylic acids is 1. The smallest absolute Gasteiger partial charge is 0.330 e. The molecule has 0 heterocycles. The summed E-state index contributed by atoms with van der Waals surface area (Å²) in [4.78, 5) is 11.7. The zero-order valence-electron chi connectivity index (χ0n) is 14.2. The van der Waals surface area contributed by atoms with Crippen molar-refractivity contribution in [1.82, 2.24) is 0 Å². The van der Waals surface area contributed by atoms with Crippen molar-refractivity contribution in [2.24, 2.45) is 0 Å². The molecule has 0 aliphatic heterocycles. The second kappa shape index (κ2) is 8.60. The van der Waals surface area contributed by atoms with Crippen LogP contribution in [-0.4, -0.2) is 24.8 Å². The Hall–Kier alpha value is -3.20. The predicted molar refractivity (Wildman–Crippen MR) is 93.9 cm³/mol. The Kier molecular flexibility index (Phi) is 6.24. The van der Waals surface area contributed by atoms with Crippen molar-refractivity contribution in [2.45, 2.75) is 19.4 Å². The van der Waals surface area contributed by atoms with Gasteiger partial charge in [0.1, 0.15) is 0 Å². The molecule has 0 aliphatic rings. The minimum Gasteiger partial charge on any atom is -0.493 e. The second-order valence-corrected chi connectivity index (χ2v) is 5.36. The zero-order chi connectivity index (χ0) is 18.2. The van der Waals surface area contributed by atoms with Crippen molar-refractivity contribution >= 4 is 11.7 Å². The molecule has 2 aromatic rings. The topological polar surface area (TPSA) is 91.6 Å². The Morgan fingerprint density at radius 2 is 1.96 bits per heavy atom. The molecule has 25 heavy (non-hydrogen) atoms. The molecule has 2 rings (SSSR count). The molecule has 0 saturated carbocycles. The lowest BCUT2D eigenvalue weighted by Gasteiger charge is -2.18. The lowest BCUT2D eigenvalue weighted by atomic mass is 10.1. The van der Waals surface area contributed by atoms with E-state index in [2.05, 4.69) is 5.32 Å². The number of hydrogen-bond donors (Lipinski definition) is 2. The van der Waals surface area contributed by atoms with Crippen LogP contribution >= 0.6 is 0 Å². The van der Waals surface area contributed by atoms with Crippen LogP contribution in [0.4, 0.5) is 5.69 Å². The highest BCUT2D eigenvalue weighted by molar-refractivity contribution is 5.79. The van der Waals surface area contributed by atoms with Gasteiger partial charge in [-0.2, -0.15) is 5.26 Å². The molecule has 0 aliphatic carbocycles. The van der Waals surface area contributed by atoms with E-state index in [4.69, 9.17) is 14.7 Å².